The van der Waals surface area contributed by atoms with Crippen LogP contribution in [0.3, 0.4) is 0 Å². The van der Waals surface area contributed by atoms with Crippen LogP contribution in [0.25, 0.3) is 0 Å². The molecule has 1 fully saturated rings. The lowest BCUT2D eigenvalue weighted by atomic mass is 10.1. The lowest BCUT2D eigenvalue weighted by molar-refractivity contribution is 0.0940. The van der Waals surface area contributed by atoms with E-state index in [9.17, 15) is 4.79 Å². The molecule has 1 atom stereocenters. The number of aromatic nitrogens is 1. The van der Waals surface area contributed by atoms with E-state index in [2.05, 4.69) is 15.2 Å². The van der Waals surface area contributed by atoms with Crippen molar-refractivity contribution >= 4 is 11.6 Å². The summed E-state index contributed by atoms with van der Waals surface area (Å²) in [5.41, 5.74) is 3.52. The first-order valence-electron chi connectivity index (χ1n) is 9.31. The van der Waals surface area contributed by atoms with Gasteiger partial charge in [0.15, 0.2) is 0 Å². The zero-order valence-electron chi connectivity index (χ0n) is 16.2. The number of hydrogen-bond acceptors (Lipinski definition) is 5. The highest BCUT2D eigenvalue weighted by Gasteiger charge is 2.18. The minimum Gasteiger partial charge on any atom is -0.495 e. The zero-order chi connectivity index (χ0) is 19.2. The van der Waals surface area contributed by atoms with Crippen LogP contribution in [0.15, 0.2) is 36.4 Å². The molecular formula is C21H27N3O3. The third kappa shape index (κ3) is 4.98. The molecule has 1 aliphatic heterocycles. The molecule has 1 aromatic heterocycles. The van der Waals surface area contributed by atoms with E-state index in [1.165, 1.54) is 0 Å². The van der Waals surface area contributed by atoms with E-state index in [4.69, 9.17) is 9.47 Å². The van der Waals surface area contributed by atoms with Crippen molar-refractivity contribution in [2.24, 2.45) is 0 Å². The molecule has 0 spiro atoms. The van der Waals surface area contributed by atoms with E-state index in [1.807, 2.05) is 44.2 Å². The lowest BCUT2D eigenvalue weighted by Gasteiger charge is -2.30. The van der Waals surface area contributed by atoms with Gasteiger partial charge in [0.25, 0.3) is 5.91 Å². The first-order valence-corrected chi connectivity index (χ1v) is 9.31. The number of nitrogens with zero attached hydrogens (tertiary/aromatic N) is 2. The second-order valence-corrected chi connectivity index (χ2v) is 6.83. The molecule has 1 N–H and O–H groups in total. The zero-order valence-corrected chi connectivity index (χ0v) is 16.2. The second kappa shape index (κ2) is 8.86. The van der Waals surface area contributed by atoms with Crippen molar-refractivity contribution < 1.29 is 14.3 Å². The Bertz CT molecular complexity index is 788. The summed E-state index contributed by atoms with van der Waals surface area (Å²) >= 11 is 0. The van der Waals surface area contributed by atoms with Gasteiger partial charge in [0.05, 0.1) is 26.0 Å². The van der Waals surface area contributed by atoms with Crippen LogP contribution < -0.4 is 15.0 Å². The van der Waals surface area contributed by atoms with E-state index in [-0.39, 0.29) is 11.9 Å². The van der Waals surface area contributed by atoms with Crippen LogP contribution in [0.2, 0.25) is 0 Å². The van der Waals surface area contributed by atoms with Gasteiger partial charge in [0.1, 0.15) is 5.75 Å². The summed E-state index contributed by atoms with van der Waals surface area (Å²) in [5.74, 6) is 0.678. The number of morpholine rings is 1. The number of rotatable bonds is 6. The van der Waals surface area contributed by atoms with Crippen molar-refractivity contribution in [1.29, 1.82) is 0 Å². The van der Waals surface area contributed by atoms with Gasteiger partial charge < -0.3 is 19.7 Å². The summed E-state index contributed by atoms with van der Waals surface area (Å²) < 4.78 is 10.9. The quantitative estimate of drug-likeness (QED) is 0.848. The van der Waals surface area contributed by atoms with E-state index in [0.717, 1.165) is 35.9 Å². The van der Waals surface area contributed by atoms with Gasteiger partial charge >= 0.3 is 0 Å². The lowest BCUT2D eigenvalue weighted by Crippen LogP contribution is -2.37. The maximum Gasteiger partial charge on any atom is 0.251 e. The van der Waals surface area contributed by atoms with E-state index < -0.39 is 0 Å². The van der Waals surface area contributed by atoms with E-state index in [0.29, 0.717) is 25.2 Å². The third-order valence-corrected chi connectivity index (χ3v) is 4.63. The monoisotopic (exact) mass is 369 g/mol. The minimum absolute atomic E-state index is 0.0132. The molecule has 27 heavy (non-hydrogen) atoms. The number of carbonyl (C=O) groups excluding carboxylic acids is 1. The number of amides is 1. The largest absolute Gasteiger partial charge is 0.495 e. The normalized spacial score (nSPS) is 15.3. The highest BCUT2D eigenvalue weighted by atomic mass is 16.5. The average molecular weight is 369 g/mol. The van der Waals surface area contributed by atoms with Crippen LogP contribution in [-0.4, -0.2) is 50.3 Å². The molecule has 1 aromatic carbocycles. The molecule has 1 aliphatic rings. The Balaban J connectivity index is 1.70. The van der Waals surface area contributed by atoms with Crippen LogP contribution in [0.5, 0.6) is 5.75 Å². The van der Waals surface area contributed by atoms with Gasteiger partial charge in [0.2, 0.25) is 0 Å². The van der Waals surface area contributed by atoms with Gasteiger partial charge in [-0.15, -0.1) is 0 Å². The van der Waals surface area contributed by atoms with Crippen molar-refractivity contribution in [1.82, 2.24) is 10.3 Å². The first kappa shape index (κ1) is 19.2. The summed E-state index contributed by atoms with van der Waals surface area (Å²) in [4.78, 5) is 19.4. The van der Waals surface area contributed by atoms with Crippen molar-refractivity contribution in [3.63, 3.8) is 0 Å². The van der Waals surface area contributed by atoms with Crippen LogP contribution in [0.1, 0.15) is 28.7 Å². The Morgan fingerprint density at radius 3 is 2.78 bits per heavy atom. The topological polar surface area (TPSA) is 63.7 Å². The highest BCUT2D eigenvalue weighted by molar-refractivity contribution is 5.95. The predicted octanol–water partition coefficient (Wildman–Crippen LogP) is 2.60. The molecule has 1 amide bonds. The summed E-state index contributed by atoms with van der Waals surface area (Å²) in [6, 6.07) is 11.5. The van der Waals surface area contributed by atoms with Gasteiger partial charge in [-0.25, -0.2) is 0 Å². The molecule has 1 unspecified atom stereocenters. The average Bonchev–Trinajstić information content (AvgIpc) is 2.68. The molecule has 1 saturated heterocycles. The number of anilines is 1. The maximum absolute atomic E-state index is 12.7. The second-order valence-electron chi connectivity index (χ2n) is 6.83. The Morgan fingerprint density at radius 1 is 1.30 bits per heavy atom. The van der Waals surface area contributed by atoms with Gasteiger partial charge in [-0.3, -0.25) is 9.78 Å². The number of carbonyl (C=O) groups is 1. The van der Waals surface area contributed by atoms with Crippen LogP contribution >= 0.6 is 0 Å². The summed E-state index contributed by atoms with van der Waals surface area (Å²) in [5, 5.41) is 3.07. The molecule has 2 aromatic rings. The minimum atomic E-state index is -0.0904. The number of ether oxygens (including phenoxy) is 2. The van der Waals surface area contributed by atoms with Crippen molar-refractivity contribution in [2.75, 3.05) is 38.3 Å². The smallest absolute Gasteiger partial charge is 0.251 e. The number of aryl methyl sites for hydroxylation is 1. The molecule has 0 saturated carbocycles. The molecule has 144 valence electrons. The van der Waals surface area contributed by atoms with Gasteiger partial charge in [0, 0.05) is 42.5 Å². The molecule has 0 aliphatic carbocycles. The van der Waals surface area contributed by atoms with Crippen molar-refractivity contribution in [2.45, 2.75) is 26.3 Å². The fraction of sp³-hybridized carbons (Fsp3) is 0.429. The predicted molar refractivity (Wildman–Crippen MR) is 106 cm³/mol. The Hall–Kier alpha value is -2.60. The van der Waals surface area contributed by atoms with Gasteiger partial charge in [-0.1, -0.05) is 6.07 Å². The Labute approximate surface area is 160 Å². The van der Waals surface area contributed by atoms with Gasteiger partial charge in [-0.2, -0.15) is 0 Å². The molecule has 0 bridgehead atoms. The van der Waals surface area contributed by atoms with Crippen molar-refractivity contribution in [3.05, 3.63) is 53.3 Å². The molecule has 2 heterocycles. The molecule has 6 nitrogen and oxygen atoms in total. The van der Waals surface area contributed by atoms with E-state index >= 15 is 0 Å². The van der Waals surface area contributed by atoms with Crippen LogP contribution in [0.4, 0.5) is 5.69 Å². The summed E-state index contributed by atoms with van der Waals surface area (Å²) in [7, 11) is 1.65. The molecule has 6 heteroatoms. The van der Waals surface area contributed by atoms with Crippen LogP contribution in [-0.2, 0) is 11.2 Å². The third-order valence-electron chi connectivity index (χ3n) is 4.63. The molecular weight excluding hydrogens is 342 g/mol. The Kier molecular flexibility index (Phi) is 6.29. The number of hydrogen-bond donors (Lipinski definition) is 1. The highest BCUT2D eigenvalue weighted by Crippen LogP contribution is 2.30. The van der Waals surface area contributed by atoms with Crippen LogP contribution in [0, 0.1) is 6.92 Å². The summed E-state index contributed by atoms with van der Waals surface area (Å²) in [6.07, 6.45) is 0.694. The maximum atomic E-state index is 12.7. The fourth-order valence-electron chi connectivity index (χ4n) is 3.27. The van der Waals surface area contributed by atoms with Gasteiger partial charge in [-0.05, 0) is 44.2 Å². The summed E-state index contributed by atoms with van der Waals surface area (Å²) in [6.45, 7) is 6.90. The van der Waals surface area contributed by atoms with E-state index in [1.54, 1.807) is 13.2 Å². The SMILES string of the molecule is COc1ccc(C(=O)NC(C)Cc2cccc(C)n2)cc1N1CCOCC1. The Morgan fingerprint density at radius 2 is 2.07 bits per heavy atom. The standard InChI is InChI=1S/C21H27N3O3/c1-15-5-4-6-18(22-15)13-16(2)23-21(25)17-7-8-20(26-3)19(14-17)24-9-11-27-12-10-24/h4-8,14,16H,9-13H2,1-3H3,(H,23,25). The number of pyridine rings is 1. The number of benzene rings is 1. The number of nitrogens with one attached hydrogen (secondary N) is 1. The first-order chi connectivity index (χ1) is 13.1. The fourth-order valence-corrected chi connectivity index (χ4v) is 3.27. The molecule has 3 rings (SSSR count). The number of methoxy groups -OCH3 is 1. The van der Waals surface area contributed by atoms with Crippen molar-refractivity contribution in [3.8, 4) is 5.75 Å². The molecule has 0 radical (unpaired) electrons.